The van der Waals surface area contributed by atoms with E-state index in [9.17, 15) is 0 Å². The Kier molecular flexibility index (Phi) is 13.6. The van der Waals surface area contributed by atoms with E-state index in [0.717, 1.165) is 42.7 Å². The molecule has 0 aromatic heterocycles. The number of hydrogen-bond acceptors (Lipinski definition) is 0. The predicted octanol–water partition coefficient (Wildman–Crippen LogP) is 20.7. The van der Waals surface area contributed by atoms with Crippen molar-refractivity contribution in [2.75, 3.05) is 0 Å². The van der Waals surface area contributed by atoms with Gasteiger partial charge in [-0.05, 0) is 0 Å². The fraction of sp³-hybridized carbons (Fsp3) is 0.212. The van der Waals surface area contributed by atoms with E-state index in [1.54, 1.807) is 0 Å². The van der Waals surface area contributed by atoms with E-state index in [0.29, 0.717) is 0 Å². The van der Waals surface area contributed by atoms with Gasteiger partial charge in [0.05, 0.1) is 0 Å². The van der Waals surface area contributed by atoms with Crippen LogP contribution in [0.1, 0.15) is 99.9 Å². The average Bonchev–Trinajstić information content (AvgIpc) is 4.01. The molecule has 0 saturated heterocycles. The summed E-state index contributed by atoms with van der Waals surface area (Å²) in [5, 5.41) is 0. The number of halogens is 2. The van der Waals surface area contributed by atoms with Crippen LogP contribution in [0, 0.1) is 13.8 Å². The number of benzene rings is 8. The standard InChI is InChI=1S/2C32H29.C2H5.2ClH.Zr/c2*1-3-4-11-24-18-31-23(2)16-17-30(32(31)19-24)29-21-27(25-12-7-5-8-13-25)20-28(22-29)26-14-9-6-10-15-26;1-2;;;/h2*5-10,12-22H,3-4,11H2,1-2H3;1H2,2H3;2*1H;/q;;;;;+2/p-2. The number of rotatable bonds is 15. The van der Waals surface area contributed by atoms with Crippen molar-refractivity contribution >= 4 is 29.2 Å². The zero-order valence-corrected chi connectivity index (χ0v) is 44.8. The second-order valence-electron chi connectivity index (χ2n) is 19.8. The molecule has 0 amide bonds. The van der Waals surface area contributed by atoms with E-state index in [4.69, 9.17) is 17.0 Å². The van der Waals surface area contributed by atoms with Crippen molar-refractivity contribution in [2.45, 2.75) is 84.5 Å². The van der Waals surface area contributed by atoms with Gasteiger partial charge in [-0.1, -0.05) is 0 Å². The molecule has 0 nitrogen and oxygen atoms in total. The first kappa shape index (κ1) is 47.4. The molecule has 0 fully saturated rings. The van der Waals surface area contributed by atoms with Gasteiger partial charge in [-0.2, -0.15) is 0 Å². The van der Waals surface area contributed by atoms with Crippen molar-refractivity contribution in [3.05, 3.63) is 227 Å². The number of hydrogen-bond donors (Lipinski definition) is 0. The summed E-state index contributed by atoms with van der Waals surface area (Å²) in [6, 6.07) is 67.0. The van der Waals surface area contributed by atoms with Crippen LogP contribution in [0.15, 0.2) is 193 Å². The van der Waals surface area contributed by atoms with Gasteiger partial charge in [0.15, 0.2) is 0 Å². The quantitative estimate of drug-likeness (QED) is 0.0960. The molecule has 8 aromatic rings. The Labute approximate surface area is 420 Å². The van der Waals surface area contributed by atoms with Crippen LogP contribution in [0.25, 0.3) is 78.9 Å². The minimum absolute atomic E-state index is 0.0257. The van der Waals surface area contributed by atoms with E-state index in [1.807, 2.05) is 0 Å². The van der Waals surface area contributed by atoms with Crippen LogP contribution in [0.2, 0.25) is 4.13 Å². The zero-order chi connectivity index (χ0) is 47.7. The Morgan fingerprint density at radius 3 is 0.971 bits per heavy atom. The summed E-state index contributed by atoms with van der Waals surface area (Å²) in [5.41, 5.74) is 25.4. The molecule has 0 heterocycles. The molecule has 8 aromatic carbocycles. The van der Waals surface area contributed by atoms with Gasteiger partial charge in [0, 0.05) is 0 Å². The fourth-order valence-corrected chi connectivity index (χ4v) is 30.2. The maximum absolute atomic E-state index is 9.05. The summed E-state index contributed by atoms with van der Waals surface area (Å²) in [6.07, 6.45) is 11.5. The third-order valence-electron chi connectivity index (χ3n) is 15.4. The molecule has 0 radical (unpaired) electrons. The van der Waals surface area contributed by atoms with Crippen LogP contribution >= 0.6 is 17.0 Å². The van der Waals surface area contributed by atoms with Gasteiger partial charge >= 0.3 is 423 Å². The molecule has 2 unspecified atom stereocenters. The normalized spacial score (nSPS) is 15.8. The second kappa shape index (κ2) is 19.8. The molecule has 2 atom stereocenters. The molecule has 0 bridgehead atoms. The third-order valence-corrected chi connectivity index (χ3v) is 36.1. The first-order valence-electron chi connectivity index (χ1n) is 25.4. The molecule has 10 rings (SSSR count). The SMILES string of the molecule is CCCCC1=Cc2c(-c3cc(-c4ccccc4)cc(-c4ccccc4)c3)ccc(C)c2[CH]1[Zr]([Cl])([Cl])([CH2]C)[CH]1C(CCCC)=Cc2c(-c3cc(-c4ccccc4)cc(-c4ccccc4)c3)ccc(C)c21. The summed E-state index contributed by atoms with van der Waals surface area (Å²) in [4.78, 5) is 0. The molecule has 2 aliphatic carbocycles. The minimum atomic E-state index is -5.22. The van der Waals surface area contributed by atoms with Gasteiger partial charge in [-0.25, -0.2) is 0 Å². The Hall–Kier alpha value is -5.30. The third kappa shape index (κ3) is 8.95. The molecular weight excluding hydrogens is 955 g/mol. The molecule has 2 aliphatic rings. The van der Waals surface area contributed by atoms with E-state index >= 15 is 0 Å². The predicted molar refractivity (Wildman–Crippen MR) is 298 cm³/mol. The number of fused-ring (bicyclic) bond motifs is 2. The monoisotopic (exact) mass is 1020 g/mol. The zero-order valence-electron chi connectivity index (χ0n) is 40.8. The van der Waals surface area contributed by atoms with Gasteiger partial charge < -0.3 is 0 Å². The average molecular weight is 1020 g/mol. The van der Waals surface area contributed by atoms with Crippen molar-refractivity contribution in [1.82, 2.24) is 0 Å². The van der Waals surface area contributed by atoms with E-state index < -0.39 is 16.4 Å². The summed E-state index contributed by atoms with van der Waals surface area (Å²) in [5.74, 6) is 0. The van der Waals surface area contributed by atoms with Gasteiger partial charge in [0.1, 0.15) is 0 Å². The number of aryl methyl sites for hydroxylation is 2. The topological polar surface area (TPSA) is 0 Å². The van der Waals surface area contributed by atoms with Crippen molar-refractivity contribution in [2.24, 2.45) is 0 Å². The molecule has 0 aliphatic heterocycles. The van der Waals surface area contributed by atoms with E-state index in [1.165, 1.54) is 111 Å². The van der Waals surface area contributed by atoms with Crippen LogP contribution in [0.4, 0.5) is 0 Å². The molecule has 0 saturated carbocycles. The number of unbranched alkanes of at least 4 members (excludes halogenated alkanes) is 2. The van der Waals surface area contributed by atoms with Crippen LogP contribution in [-0.2, 0) is 16.4 Å². The van der Waals surface area contributed by atoms with Crippen molar-refractivity contribution in [1.29, 1.82) is 0 Å². The van der Waals surface area contributed by atoms with Gasteiger partial charge in [0.2, 0.25) is 0 Å². The van der Waals surface area contributed by atoms with E-state index in [-0.39, 0.29) is 7.25 Å². The molecule has 0 spiro atoms. The summed E-state index contributed by atoms with van der Waals surface area (Å²) in [7, 11) is 18.1. The van der Waals surface area contributed by atoms with Crippen LogP contribution < -0.4 is 0 Å². The van der Waals surface area contributed by atoms with Gasteiger partial charge in [0.25, 0.3) is 0 Å². The van der Waals surface area contributed by atoms with Crippen molar-refractivity contribution in [3.8, 4) is 66.8 Å². The van der Waals surface area contributed by atoms with Crippen LogP contribution in [0.5, 0.6) is 0 Å². The van der Waals surface area contributed by atoms with Crippen molar-refractivity contribution < 1.29 is 16.4 Å². The molecule has 0 N–H and O–H groups in total. The number of allylic oxidation sites excluding steroid dienone is 2. The summed E-state index contributed by atoms with van der Waals surface area (Å²) < 4.78 is 0.729. The molecular formula is C66H63Cl2Zr. The Balaban J connectivity index is 1.18. The fourth-order valence-electron chi connectivity index (χ4n) is 11.9. The first-order chi connectivity index (χ1) is 33.6. The van der Waals surface area contributed by atoms with Crippen LogP contribution in [-0.4, -0.2) is 0 Å². The second-order valence-corrected chi connectivity index (χ2v) is 42.7. The molecule has 345 valence electrons. The Morgan fingerprint density at radius 2 is 0.681 bits per heavy atom. The molecule has 69 heavy (non-hydrogen) atoms. The first-order valence-corrected chi connectivity index (χ1v) is 36.3. The van der Waals surface area contributed by atoms with Gasteiger partial charge in [-0.15, -0.1) is 0 Å². The Bertz CT molecular complexity index is 2890. The van der Waals surface area contributed by atoms with Crippen LogP contribution in [0.3, 0.4) is 0 Å². The summed E-state index contributed by atoms with van der Waals surface area (Å²) >= 11 is -5.22. The molecule has 3 heteroatoms. The summed E-state index contributed by atoms with van der Waals surface area (Å²) in [6.45, 7) is 11.6. The van der Waals surface area contributed by atoms with Crippen molar-refractivity contribution in [3.63, 3.8) is 0 Å². The maximum atomic E-state index is 9.05. The van der Waals surface area contributed by atoms with E-state index in [2.05, 4.69) is 229 Å². The Morgan fingerprint density at radius 1 is 0.377 bits per heavy atom. The van der Waals surface area contributed by atoms with Gasteiger partial charge in [-0.3, -0.25) is 0 Å².